The van der Waals surface area contributed by atoms with E-state index in [2.05, 4.69) is 10.6 Å². The van der Waals surface area contributed by atoms with Crippen molar-refractivity contribution < 1.29 is 24.4 Å². The highest BCUT2D eigenvalue weighted by Crippen LogP contribution is 2.33. The molecule has 0 spiro atoms. The number of halogens is 1. The molecule has 1 heterocycles. The summed E-state index contributed by atoms with van der Waals surface area (Å²) in [5.41, 5.74) is 3.27. The normalized spacial score (nSPS) is 14.2. The van der Waals surface area contributed by atoms with Gasteiger partial charge in [0.1, 0.15) is 23.5 Å². The Morgan fingerprint density at radius 1 is 1.07 bits per heavy atom. The number of anilines is 2. The lowest BCUT2D eigenvalue weighted by Gasteiger charge is -2.26. The van der Waals surface area contributed by atoms with Gasteiger partial charge in [-0.15, -0.1) is 0 Å². The van der Waals surface area contributed by atoms with E-state index in [-0.39, 0.29) is 36.3 Å². The standard InChI is InChI=1S/C32H36BClN6O5/c1-3-37-30(42)19-27-32(36)40(20(2)35)28-15-14-25(18-26(28)31(39-27)21-10-12-23(34)13-11-21)45-16-5-4-9-29(41)38-24-8-6-7-22(17-24)33(43)44/h6-8,10-15,17-18,27,35-36,43-44H,3-5,9,16,19H2,1-2H3,(H,37,42)(H,38,41)/t27-/m0/s1. The predicted molar refractivity (Wildman–Crippen MR) is 178 cm³/mol. The number of fused-ring (bicyclic) bond motifs is 1. The summed E-state index contributed by atoms with van der Waals surface area (Å²) < 4.78 is 6.05. The van der Waals surface area contributed by atoms with E-state index >= 15 is 0 Å². The molecule has 13 heteroatoms. The average Bonchev–Trinajstić information content (AvgIpc) is 3.11. The second-order valence-electron chi connectivity index (χ2n) is 10.5. The van der Waals surface area contributed by atoms with E-state index in [1.165, 1.54) is 11.0 Å². The van der Waals surface area contributed by atoms with Gasteiger partial charge in [-0.25, -0.2) is 0 Å². The Hall–Kier alpha value is -4.52. The molecule has 1 aliphatic rings. The van der Waals surface area contributed by atoms with Gasteiger partial charge in [0, 0.05) is 34.8 Å². The number of nitrogens with one attached hydrogen (secondary N) is 4. The molecule has 0 saturated heterocycles. The lowest BCUT2D eigenvalue weighted by atomic mass is 9.80. The van der Waals surface area contributed by atoms with Gasteiger partial charge < -0.3 is 25.4 Å². The Morgan fingerprint density at radius 2 is 1.82 bits per heavy atom. The minimum atomic E-state index is -1.61. The molecule has 2 amide bonds. The molecule has 3 aromatic rings. The number of ether oxygens (including phenoxy) is 1. The van der Waals surface area contributed by atoms with Crippen LogP contribution in [0.2, 0.25) is 5.02 Å². The quantitative estimate of drug-likeness (QED) is 0.0770. The van der Waals surface area contributed by atoms with E-state index in [0.29, 0.717) is 64.9 Å². The van der Waals surface area contributed by atoms with Gasteiger partial charge in [0.05, 0.1) is 24.4 Å². The molecule has 0 fully saturated rings. The van der Waals surface area contributed by atoms with Gasteiger partial charge in [-0.3, -0.25) is 30.3 Å². The molecule has 0 aliphatic carbocycles. The fourth-order valence-electron chi connectivity index (χ4n) is 4.92. The van der Waals surface area contributed by atoms with Crippen LogP contribution in [-0.4, -0.2) is 65.6 Å². The smallest absolute Gasteiger partial charge is 0.488 e. The van der Waals surface area contributed by atoms with Gasteiger partial charge in [-0.1, -0.05) is 35.9 Å². The van der Waals surface area contributed by atoms with Gasteiger partial charge in [0.25, 0.3) is 0 Å². The zero-order valence-electron chi connectivity index (χ0n) is 25.1. The molecule has 0 aromatic heterocycles. The number of rotatable bonds is 12. The number of unbranched alkanes of at least 4 members (excludes halogenated alkanes) is 1. The lowest BCUT2D eigenvalue weighted by Crippen LogP contribution is -2.42. The molecule has 1 aliphatic heterocycles. The molecule has 0 saturated carbocycles. The molecule has 11 nitrogen and oxygen atoms in total. The second kappa shape index (κ2) is 15.5. The highest BCUT2D eigenvalue weighted by Gasteiger charge is 2.32. The van der Waals surface area contributed by atoms with Crippen molar-refractivity contribution in [1.29, 1.82) is 10.8 Å². The van der Waals surface area contributed by atoms with Crippen LogP contribution in [0, 0.1) is 10.8 Å². The molecular weight excluding hydrogens is 595 g/mol. The number of hydrogen-bond donors (Lipinski definition) is 6. The van der Waals surface area contributed by atoms with E-state index < -0.39 is 13.2 Å². The van der Waals surface area contributed by atoms with Crippen LogP contribution in [0.25, 0.3) is 0 Å². The van der Waals surface area contributed by atoms with Gasteiger partial charge in [0.15, 0.2) is 0 Å². The summed E-state index contributed by atoms with van der Waals surface area (Å²) in [6, 6.07) is 18.1. The van der Waals surface area contributed by atoms with E-state index in [9.17, 15) is 19.6 Å². The van der Waals surface area contributed by atoms with Crippen molar-refractivity contribution in [2.75, 3.05) is 23.4 Å². The zero-order valence-corrected chi connectivity index (χ0v) is 25.9. The number of amides is 2. The fraction of sp³-hybridized carbons (Fsp3) is 0.281. The van der Waals surface area contributed by atoms with Gasteiger partial charge in [-0.05, 0) is 74.6 Å². The van der Waals surface area contributed by atoms with E-state index in [0.717, 1.165) is 5.56 Å². The predicted octanol–water partition coefficient (Wildman–Crippen LogP) is 3.73. The first-order chi connectivity index (χ1) is 21.6. The third kappa shape index (κ3) is 8.78. The van der Waals surface area contributed by atoms with Crippen LogP contribution < -0.4 is 25.7 Å². The minimum absolute atomic E-state index is 0.0187. The molecule has 6 N–H and O–H groups in total. The Balaban J connectivity index is 1.50. The summed E-state index contributed by atoms with van der Waals surface area (Å²) in [5, 5.41) is 42.2. The third-order valence-corrected chi connectivity index (χ3v) is 7.30. The topological polar surface area (TPSA) is 171 Å². The van der Waals surface area contributed by atoms with Crippen molar-refractivity contribution in [1.82, 2.24) is 5.32 Å². The minimum Gasteiger partial charge on any atom is -0.494 e. The summed E-state index contributed by atoms with van der Waals surface area (Å²) in [7, 11) is -1.61. The van der Waals surface area contributed by atoms with Gasteiger partial charge in [-0.2, -0.15) is 0 Å². The van der Waals surface area contributed by atoms with Crippen molar-refractivity contribution in [3.8, 4) is 5.75 Å². The molecule has 234 valence electrons. The highest BCUT2D eigenvalue weighted by atomic mass is 35.5. The molecule has 0 unspecified atom stereocenters. The summed E-state index contributed by atoms with van der Waals surface area (Å²) in [5.74, 6) is 0.247. The summed E-state index contributed by atoms with van der Waals surface area (Å²) in [4.78, 5) is 31.3. The fourth-order valence-corrected chi connectivity index (χ4v) is 5.05. The summed E-state index contributed by atoms with van der Waals surface area (Å²) in [6.45, 7) is 4.20. The van der Waals surface area contributed by atoms with E-state index in [1.807, 2.05) is 25.1 Å². The molecule has 0 radical (unpaired) electrons. The molecule has 3 aromatic carbocycles. The molecule has 45 heavy (non-hydrogen) atoms. The summed E-state index contributed by atoms with van der Waals surface area (Å²) in [6.07, 6.45) is 1.38. The maximum atomic E-state index is 12.6. The Bertz CT molecular complexity index is 1600. The SMILES string of the molecule is CCNC(=O)C[C@@H]1N=C(c2ccc(Cl)cc2)c2cc(OCCCCC(=O)Nc3cccc(B(O)O)c3)ccc2N(C(C)=N)C1=N. The number of benzene rings is 3. The van der Waals surface area contributed by atoms with Gasteiger partial charge >= 0.3 is 7.12 Å². The van der Waals surface area contributed by atoms with Crippen LogP contribution in [0.3, 0.4) is 0 Å². The van der Waals surface area contributed by atoms with E-state index in [1.54, 1.807) is 49.4 Å². The first-order valence-corrected chi connectivity index (χ1v) is 15.0. The molecule has 1 atom stereocenters. The third-order valence-electron chi connectivity index (χ3n) is 7.05. The summed E-state index contributed by atoms with van der Waals surface area (Å²) >= 11 is 6.16. The molecule has 4 rings (SSSR count). The monoisotopic (exact) mass is 630 g/mol. The number of carbonyl (C=O) groups excluding carboxylic acids is 2. The Kier molecular flexibility index (Phi) is 11.5. The van der Waals surface area contributed by atoms with Crippen molar-refractivity contribution in [3.63, 3.8) is 0 Å². The van der Waals surface area contributed by atoms with Crippen molar-refractivity contribution in [2.24, 2.45) is 4.99 Å². The van der Waals surface area contributed by atoms with Gasteiger partial charge in [0.2, 0.25) is 11.8 Å². The number of nitrogens with zero attached hydrogens (tertiary/aromatic N) is 2. The van der Waals surface area contributed by atoms with Crippen molar-refractivity contribution >= 4 is 64.8 Å². The second-order valence-corrected chi connectivity index (χ2v) is 10.9. The first kappa shape index (κ1) is 33.4. The average molecular weight is 631 g/mol. The van der Waals surface area contributed by atoms with Crippen LogP contribution >= 0.6 is 11.6 Å². The number of carbonyl (C=O) groups is 2. The van der Waals surface area contributed by atoms with Crippen LogP contribution in [0.5, 0.6) is 5.75 Å². The lowest BCUT2D eigenvalue weighted by molar-refractivity contribution is -0.121. The zero-order chi connectivity index (χ0) is 32.5. The first-order valence-electron chi connectivity index (χ1n) is 14.6. The number of amidine groups is 2. The largest absolute Gasteiger partial charge is 0.494 e. The van der Waals surface area contributed by atoms with Crippen molar-refractivity contribution in [2.45, 2.75) is 45.6 Å². The van der Waals surface area contributed by atoms with Crippen LogP contribution in [0.4, 0.5) is 11.4 Å². The van der Waals surface area contributed by atoms with Crippen LogP contribution in [0.1, 0.15) is 50.7 Å². The molecular formula is C32H36BClN6O5. The van der Waals surface area contributed by atoms with Crippen molar-refractivity contribution in [3.05, 3.63) is 82.9 Å². The Labute approximate surface area is 267 Å². The Morgan fingerprint density at radius 3 is 2.51 bits per heavy atom. The maximum Gasteiger partial charge on any atom is 0.488 e. The molecule has 0 bridgehead atoms. The number of aliphatic imine (C=N–C) groups is 1. The number of hydrogen-bond acceptors (Lipinski definition) is 8. The highest BCUT2D eigenvalue weighted by molar-refractivity contribution is 6.58. The van der Waals surface area contributed by atoms with Crippen LogP contribution in [0.15, 0.2) is 71.7 Å². The maximum absolute atomic E-state index is 12.6. The van der Waals surface area contributed by atoms with E-state index in [4.69, 9.17) is 32.1 Å². The number of benzodiazepines with no additional fused rings is 1. The van der Waals surface area contributed by atoms with Crippen LogP contribution in [-0.2, 0) is 9.59 Å².